The second kappa shape index (κ2) is 9.61. The van der Waals surface area contributed by atoms with Crippen LogP contribution in [0.25, 0.3) is 21.8 Å². The van der Waals surface area contributed by atoms with Gasteiger partial charge in [0, 0.05) is 47.4 Å². The van der Waals surface area contributed by atoms with E-state index in [1.807, 2.05) is 6.92 Å². The highest BCUT2D eigenvalue weighted by atomic mass is 35.5. The molecule has 0 aliphatic carbocycles. The Balaban J connectivity index is 0.000000197. The third-order valence-electron chi connectivity index (χ3n) is 5.31. The molecular weight excluding hydrogens is 531 g/mol. The molecule has 0 fully saturated rings. The normalized spacial score (nSPS) is 11.3. The number of nitrogens with one attached hydrogen (secondary N) is 1. The Morgan fingerprint density at radius 2 is 1.42 bits per heavy atom. The van der Waals surface area contributed by atoms with Crippen LogP contribution in [-0.4, -0.2) is 27.2 Å². The third-order valence-corrected chi connectivity index (χ3v) is 7.64. The predicted octanol–water partition coefficient (Wildman–Crippen LogP) is 6.48. The Morgan fingerprint density at radius 1 is 0.833 bits per heavy atom. The van der Waals surface area contributed by atoms with Gasteiger partial charge in [-0.3, -0.25) is 20.2 Å². The third kappa shape index (κ3) is 4.76. The molecule has 5 aromatic rings. The van der Waals surface area contributed by atoms with E-state index in [1.165, 1.54) is 48.7 Å². The summed E-state index contributed by atoms with van der Waals surface area (Å²) in [5.74, 6) is 0. The molecule has 2 heterocycles. The summed E-state index contributed by atoms with van der Waals surface area (Å²) in [5, 5.41) is 23.2. The van der Waals surface area contributed by atoms with Crippen LogP contribution in [0.4, 0.5) is 11.4 Å². The van der Waals surface area contributed by atoms with Crippen molar-refractivity contribution in [1.29, 1.82) is 0 Å². The number of aryl methyl sites for hydroxylation is 1. The molecule has 3 aromatic carbocycles. The van der Waals surface area contributed by atoms with E-state index in [1.54, 1.807) is 24.4 Å². The number of rotatable bonds is 4. The average Bonchev–Trinajstić information content (AvgIpc) is 3.47. The van der Waals surface area contributed by atoms with Crippen molar-refractivity contribution < 1.29 is 18.3 Å². The van der Waals surface area contributed by atoms with Crippen LogP contribution in [0.5, 0.6) is 0 Å². The lowest BCUT2D eigenvalue weighted by Gasteiger charge is -2.08. The number of nitro groups is 2. The Morgan fingerprint density at radius 3 is 2.03 bits per heavy atom. The van der Waals surface area contributed by atoms with Gasteiger partial charge in [0.25, 0.3) is 21.4 Å². The summed E-state index contributed by atoms with van der Waals surface area (Å²) < 4.78 is 26.5. The van der Waals surface area contributed by atoms with Gasteiger partial charge in [0.1, 0.15) is 0 Å². The first kappa shape index (κ1) is 25.2. The number of aromatic amines is 1. The number of hydrogen-bond acceptors (Lipinski definition) is 6. The first-order valence-corrected chi connectivity index (χ1v) is 12.4. The molecule has 0 aliphatic heterocycles. The Hall–Kier alpha value is -3.93. The quantitative estimate of drug-likeness (QED) is 0.202. The molecule has 1 N–H and O–H groups in total. The summed E-state index contributed by atoms with van der Waals surface area (Å²) in [4.78, 5) is 23.3. The molecular formula is C23H16Cl2N4O6S. The SMILES string of the molecule is Cc1ccc(S(=O)(=O)n2ccc3c(Cl)cc([N+](=O)[O-])cc32)cc1.O=[N+]([O-])c1cc(Cl)c2cc[nH]c2c1. The van der Waals surface area contributed by atoms with E-state index in [-0.39, 0.29) is 26.8 Å². The predicted molar refractivity (Wildman–Crippen MR) is 137 cm³/mol. The van der Waals surface area contributed by atoms with Gasteiger partial charge < -0.3 is 4.98 Å². The van der Waals surface area contributed by atoms with Crippen LogP contribution in [0.3, 0.4) is 0 Å². The first-order chi connectivity index (χ1) is 17.0. The lowest BCUT2D eigenvalue weighted by Crippen LogP contribution is -2.11. The van der Waals surface area contributed by atoms with Gasteiger partial charge in [0.15, 0.2) is 0 Å². The molecule has 184 valence electrons. The highest BCUT2D eigenvalue weighted by Gasteiger charge is 2.22. The van der Waals surface area contributed by atoms with E-state index >= 15 is 0 Å². The van der Waals surface area contributed by atoms with Crippen LogP contribution < -0.4 is 0 Å². The van der Waals surface area contributed by atoms with Gasteiger partial charge >= 0.3 is 0 Å². The van der Waals surface area contributed by atoms with E-state index in [9.17, 15) is 28.6 Å². The van der Waals surface area contributed by atoms with Gasteiger partial charge in [-0.2, -0.15) is 0 Å². The highest BCUT2D eigenvalue weighted by Crippen LogP contribution is 2.32. The Labute approximate surface area is 214 Å². The Kier molecular flexibility index (Phi) is 6.72. The summed E-state index contributed by atoms with van der Waals surface area (Å²) in [6, 6.07) is 14.9. The summed E-state index contributed by atoms with van der Waals surface area (Å²) in [6.07, 6.45) is 3.04. The van der Waals surface area contributed by atoms with E-state index in [0.717, 1.165) is 14.9 Å². The standard InChI is InChI=1S/C15H11ClN2O4S.C8H5ClN2O2/c1-10-2-4-12(5-3-10)23(21,22)17-7-6-13-14(16)8-11(18(19)20)9-15(13)17;9-7-3-5(11(12)13)4-8-6(7)1-2-10-8/h2-9H,1H3;1-4,10H. The summed E-state index contributed by atoms with van der Waals surface area (Å²) in [7, 11) is -3.86. The highest BCUT2D eigenvalue weighted by molar-refractivity contribution is 7.90. The summed E-state index contributed by atoms with van der Waals surface area (Å²) in [6.45, 7) is 1.85. The number of benzene rings is 3. The van der Waals surface area contributed by atoms with Crippen molar-refractivity contribution >= 4 is 66.4 Å². The zero-order valence-electron chi connectivity index (χ0n) is 18.4. The molecule has 0 spiro atoms. The zero-order chi connectivity index (χ0) is 26.2. The zero-order valence-corrected chi connectivity index (χ0v) is 20.7. The van der Waals surface area contributed by atoms with Crippen molar-refractivity contribution in [2.24, 2.45) is 0 Å². The first-order valence-electron chi connectivity index (χ1n) is 10.2. The van der Waals surface area contributed by atoms with Crippen LogP contribution in [0.2, 0.25) is 10.0 Å². The van der Waals surface area contributed by atoms with E-state index < -0.39 is 19.9 Å². The maximum Gasteiger partial charge on any atom is 0.273 e. The number of halogens is 2. The minimum Gasteiger partial charge on any atom is -0.361 e. The molecule has 0 unspecified atom stereocenters. The van der Waals surface area contributed by atoms with Gasteiger partial charge in [-0.1, -0.05) is 40.9 Å². The Bertz CT molecular complexity index is 1740. The largest absolute Gasteiger partial charge is 0.361 e. The van der Waals surface area contributed by atoms with E-state index in [2.05, 4.69) is 4.98 Å². The number of H-pyrrole nitrogens is 1. The minimum absolute atomic E-state index is 0.0000463. The summed E-state index contributed by atoms with van der Waals surface area (Å²) >= 11 is 11.8. The van der Waals surface area contributed by atoms with Crippen molar-refractivity contribution in [2.45, 2.75) is 11.8 Å². The molecule has 0 saturated heterocycles. The van der Waals surface area contributed by atoms with Crippen molar-refractivity contribution in [3.63, 3.8) is 0 Å². The number of hydrogen-bond donors (Lipinski definition) is 1. The van der Waals surface area contributed by atoms with Crippen LogP contribution in [0, 0.1) is 27.2 Å². The number of aromatic nitrogens is 2. The molecule has 13 heteroatoms. The van der Waals surface area contributed by atoms with Crippen LogP contribution >= 0.6 is 23.2 Å². The van der Waals surface area contributed by atoms with Crippen molar-refractivity contribution in [2.75, 3.05) is 0 Å². The fourth-order valence-electron chi connectivity index (χ4n) is 3.51. The van der Waals surface area contributed by atoms with Gasteiger partial charge in [0.2, 0.25) is 0 Å². The van der Waals surface area contributed by atoms with Crippen LogP contribution in [0.1, 0.15) is 5.56 Å². The molecule has 5 rings (SSSR count). The van der Waals surface area contributed by atoms with Crippen LogP contribution in [-0.2, 0) is 10.0 Å². The van der Waals surface area contributed by atoms with Gasteiger partial charge in [-0.15, -0.1) is 0 Å². The monoisotopic (exact) mass is 546 g/mol. The lowest BCUT2D eigenvalue weighted by molar-refractivity contribution is -0.384. The maximum absolute atomic E-state index is 12.8. The molecule has 0 amide bonds. The molecule has 0 aliphatic rings. The fraction of sp³-hybridized carbons (Fsp3) is 0.0435. The van der Waals surface area contributed by atoms with Crippen molar-refractivity contribution in [3.8, 4) is 0 Å². The molecule has 2 aromatic heterocycles. The van der Waals surface area contributed by atoms with Gasteiger partial charge in [0.05, 0.1) is 35.8 Å². The van der Waals surface area contributed by atoms with Crippen molar-refractivity contribution in [1.82, 2.24) is 8.96 Å². The molecule has 0 saturated carbocycles. The lowest BCUT2D eigenvalue weighted by atomic mass is 10.2. The van der Waals surface area contributed by atoms with E-state index in [0.29, 0.717) is 15.9 Å². The smallest absolute Gasteiger partial charge is 0.273 e. The number of fused-ring (bicyclic) bond motifs is 2. The second-order valence-corrected chi connectivity index (χ2v) is 10.3. The van der Waals surface area contributed by atoms with Crippen molar-refractivity contribution in [3.05, 3.63) is 109 Å². The minimum atomic E-state index is -3.86. The van der Waals surface area contributed by atoms with Gasteiger partial charge in [-0.05, 0) is 31.2 Å². The molecule has 0 atom stereocenters. The average molecular weight is 547 g/mol. The number of nitro benzene ring substituents is 2. The number of nitrogens with zero attached hydrogens (tertiary/aromatic N) is 3. The molecule has 0 radical (unpaired) electrons. The fourth-order valence-corrected chi connectivity index (χ4v) is 5.40. The second-order valence-electron chi connectivity index (χ2n) is 7.67. The summed E-state index contributed by atoms with van der Waals surface area (Å²) in [5.41, 5.74) is 1.52. The molecule has 36 heavy (non-hydrogen) atoms. The molecule has 10 nitrogen and oxygen atoms in total. The van der Waals surface area contributed by atoms with Crippen LogP contribution in [0.15, 0.2) is 78.0 Å². The number of non-ortho nitro benzene ring substituents is 2. The maximum atomic E-state index is 12.8. The van der Waals surface area contributed by atoms with Gasteiger partial charge in [-0.25, -0.2) is 12.4 Å². The topological polar surface area (TPSA) is 141 Å². The van der Waals surface area contributed by atoms with E-state index in [4.69, 9.17) is 23.2 Å². The molecule has 0 bridgehead atoms.